The number of hydrogen-bond donors (Lipinski definition) is 0. The first-order valence-corrected chi connectivity index (χ1v) is 34.5. The van der Waals surface area contributed by atoms with Gasteiger partial charge in [0.15, 0.2) is 23.0 Å². The Kier molecular flexibility index (Phi) is 36.9. The van der Waals surface area contributed by atoms with Gasteiger partial charge in [0.1, 0.15) is 10.0 Å². The van der Waals surface area contributed by atoms with Crippen LogP contribution in [0.15, 0.2) is 134 Å². The number of aromatic nitrogens is 2. The molecule has 0 N–H and O–H groups in total. The maximum absolute atomic E-state index is 11.6. The second kappa shape index (κ2) is 45.3. The minimum Gasteiger partial charge on any atom is -0.490 e. The molecule has 15 heteroatoms. The first-order valence-electron chi connectivity index (χ1n) is 33.7. The van der Waals surface area contributed by atoms with Crippen LogP contribution in [0.2, 0.25) is 0 Å². The Morgan fingerprint density at radius 2 is 0.538 bits per heavy atom. The summed E-state index contributed by atoms with van der Waals surface area (Å²) in [5.41, 5.74) is 7.81. The summed E-state index contributed by atoms with van der Waals surface area (Å²) in [4.78, 5) is 46.5. The van der Waals surface area contributed by atoms with Crippen LogP contribution >= 0.6 is 11.3 Å². The summed E-state index contributed by atoms with van der Waals surface area (Å²) in [5, 5.41) is 10.8. The van der Waals surface area contributed by atoms with Crippen LogP contribution < -0.4 is 18.9 Å². The summed E-state index contributed by atoms with van der Waals surface area (Å²) in [5.74, 6) is 1.64. The van der Waals surface area contributed by atoms with Crippen LogP contribution in [0, 0.1) is 0 Å². The number of carbonyl (C=O) groups is 4. The molecule has 5 rings (SSSR count). The van der Waals surface area contributed by atoms with Crippen molar-refractivity contribution >= 4 is 59.5 Å². The van der Waals surface area contributed by atoms with Crippen molar-refractivity contribution in [2.45, 2.75) is 182 Å². The van der Waals surface area contributed by atoms with E-state index in [1.807, 2.05) is 12.1 Å². The number of ether oxygens (including phenoxy) is 8. The van der Waals surface area contributed by atoms with Crippen molar-refractivity contribution < 1.29 is 57.1 Å². The third-order valence-corrected chi connectivity index (χ3v) is 16.1. The van der Waals surface area contributed by atoms with Gasteiger partial charge >= 0.3 is 23.9 Å². The Morgan fingerprint density at radius 1 is 0.312 bits per heavy atom. The maximum atomic E-state index is 11.6. The molecule has 4 aromatic carbocycles. The van der Waals surface area contributed by atoms with Crippen LogP contribution in [0.5, 0.6) is 23.0 Å². The predicted octanol–water partition coefficient (Wildman–Crippen LogP) is 19.6. The highest BCUT2D eigenvalue weighted by Crippen LogP contribution is 2.34. The Morgan fingerprint density at radius 3 is 0.806 bits per heavy atom. The maximum Gasteiger partial charge on any atom is 0.333 e. The average molecular weight is 1290 g/mol. The molecule has 502 valence electrons. The van der Waals surface area contributed by atoms with Gasteiger partial charge in [-0.05, 0) is 126 Å². The Hall–Kier alpha value is -8.04. The van der Waals surface area contributed by atoms with Crippen molar-refractivity contribution in [2.75, 3.05) is 52.9 Å². The summed E-state index contributed by atoms with van der Waals surface area (Å²) in [6, 6.07) is 28.9. The minimum absolute atomic E-state index is 0.325. The molecule has 0 saturated carbocycles. The van der Waals surface area contributed by atoms with Gasteiger partial charge in [0, 0.05) is 33.4 Å². The second-order valence-electron chi connectivity index (χ2n) is 23.8. The monoisotopic (exact) mass is 1290 g/mol. The smallest absolute Gasteiger partial charge is 0.333 e. The summed E-state index contributed by atoms with van der Waals surface area (Å²) in [6.07, 6.45) is 32.4. The molecule has 0 unspecified atom stereocenters. The van der Waals surface area contributed by atoms with Crippen LogP contribution in [0.1, 0.15) is 204 Å². The molecule has 0 bridgehead atoms. The van der Waals surface area contributed by atoms with Gasteiger partial charge in [0.05, 0.1) is 52.9 Å². The zero-order chi connectivity index (χ0) is 66.7. The molecule has 0 spiro atoms. The summed E-state index contributed by atoms with van der Waals surface area (Å²) >= 11 is 1.56. The zero-order valence-corrected chi connectivity index (χ0v) is 56.9. The first kappa shape index (κ1) is 75.7. The van der Waals surface area contributed by atoms with Crippen LogP contribution in [0.4, 0.5) is 0 Å². The van der Waals surface area contributed by atoms with E-state index < -0.39 is 0 Å². The van der Waals surface area contributed by atoms with Gasteiger partial charge in [0.2, 0.25) is 0 Å². The highest BCUT2D eigenvalue weighted by atomic mass is 32.1. The number of unbranched alkanes of at least 4 members (excludes halogenated alkanes) is 20. The van der Waals surface area contributed by atoms with E-state index in [9.17, 15) is 19.2 Å². The van der Waals surface area contributed by atoms with E-state index in [0.29, 0.717) is 75.1 Å². The van der Waals surface area contributed by atoms with Crippen molar-refractivity contribution in [3.05, 3.63) is 156 Å². The Bertz CT molecular complexity index is 2950. The van der Waals surface area contributed by atoms with Gasteiger partial charge in [-0.15, -0.1) is 10.2 Å². The number of esters is 4. The third-order valence-electron chi connectivity index (χ3n) is 15.1. The van der Waals surface area contributed by atoms with Gasteiger partial charge in [-0.1, -0.05) is 225 Å². The molecule has 1 aromatic heterocycles. The molecule has 0 aliphatic rings. The van der Waals surface area contributed by atoms with Gasteiger partial charge in [-0.3, -0.25) is 0 Å². The van der Waals surface area contributed by atoms with Crippen molar-refractivity contribution in [1.29, 1.82) is 0 Å². The van der Waals surface area contributed by atoms with E-state index >= 15 is 0 Å². The van der Waals surface area contributed by atoms with Gasteiger partial charge in [-0.2, -0.15) is 0 Å². The van der Waals surface area contributed by atoms with Crippen molar-refractivity contribution in [2.24, 2.45) is 0 Å². The lowest BCUT2D eigenvalue weighted by Gasteiger charge is -2.14. The topological polar surface area (TPSA) is 168 Å². The molecule has 0 aliphatic heterocycles. The van der Waals surface area contributed by atoms with Gasteiger partial charge in [-0.25, -0.2) is 19.2 Å². The fourth-order valence-corrected chi connectivity index (χ4v) is 10.4. The minimum atomic E-state index is -0.327. The van der Waals surface area contributed by atoms with E-state index in [0.717, 1.165) is 220 Å². The van der Waals surface area contributed by atoms with Gasteiger partial charge < -0.3 is 37.9 Å². The molecular weight excluding hydrogens is 1190 g/mol. The molecule has 0 fully saturated rings. The van der Waals surface area contributed by atoms with Crippen molar-refractivity contribution in [3.63, 3.8) is 0 Å². The molecule has 0 saturated heterocycles. The number of nitrogens with zero attached hydrogens (tertiary/aromatic N) is 2. The predicted molar refractivity (Wildman–Crippen MR) is 377 cm³/mol. The number of benzene rings is 4. The zero-order valence-electron chi connectivity index (χ0n) is 56.0. The van der Waals surface area contributed by atoms with Crippen LogP contribution in [0.25, 0.3) is 45.4 Å². The second-order valence-corrected chi connectivity index (χ2v) is 24.8. The lowest BCUT2D eigenvalue weighted by Crippen LogP contribution is -2.06. The van der Waals surface area contributed by atoms with Crippen LogP contribution in [-0.2, 0) is 38.1 Å². The summed E-state index contributed by atoms with van der Waals surface area (Å²) in [6.45, 7) is 25.3. The van der Waals surface area contributed by atoms with E-state index in [1.165, 1.54) is 0 Å². The molecule has 1 heterocycles. The van der Waals surface area contributed by atoms with E-state index in [2.05, 4.69) is 134 Å². The fourth-order valence-electron chi connectivity index (χ4n) is 9.56. The Labute approximate surface area is 558 Å². The number of rotatable bonds is 50. The third kappa shape index (κ3) is 31.9. The van der Waals surface area contributed by atoms with Crippen molar-refractivity contribution in [1.82, 2.24) is 10.2 Å². The first-order chi connectivity index (χ1) is 45.2. The van der Waals surface area contributed by atoms with E-state index in [4.69, 9.17) is 37.9 Å². The largest absolute Gasteiger partial charge is 0.490 e. The molecule has 0 atom stereocenters. The standard InChI is InChI=1S/C78H102N2O12S/c1-59(2)75(81)89-53-29-21-13-9-17-25-49-85-69-47-41-65(57-71(69)87-51-27-19-11-15-23-31-55-91-77(83)61(5)6)35-33-63-37-43-67(44-38-63)73-79-80-74(93-73)68-45-39-64(40-46-68)34-36-66-42-48-70(86-50-26-18-10-14-22-30-54-90-76(82)60(3)4)72(58-66)88-52-28-20-12-16-24-32-56-92-78(84)62(7)8/h33-48,57-58H,1,3,5,7,9-32,49-56H2,2,4,6,8H3/b35-33+,36-34+. The fraction of sp³-hybridized carbons (Fsp3) is 0.462. The van der Waals surface area contributed by atoms with E-state index in [1.54, 1.807) is 39.0 Å². The molecule has 14 nitrogen and oxygen atoms in total. The summed E-state index contributed by atoms with van der Waals surface area (Å²) < 4.78 is 46.2. The summed E-state index contributed by atoms with van der Waals surface area (Å²) in [7, 11) is 0. The van der Waals surface area contributed by atoms with Crippen LogP contribution in [-0.4, -0.2) is 86.9 Å². The number of hydrogen-bond acceptors (Lipinski definition) is 15. The normalized spacial score (nSPS) is 11.1. The molecule has 0 radical (unpaired) electrons. The van der Waals surface area contributed by atoms with E-state index in [-0.39, 0.29) is 23.9 Å². The van der Waals surface area contributed by atoms with Crippen molar-refractivity contribution in [3.8, 4) is 44.1 Å². The number of carbonyl (C=O) groups excluding carboxylic acids is 4. The lowest BCUT2D eigenvalue weighted by molar-refractivity contribution is -0.139. The molecule has 0 amide bonds. The average Bonchev–Trinajstić information content (AvgIpc) is 1.88. The van der Waals surface area contributed by atoms with Gasteiger partial charge in [0.25, 0.3) is 0 Å². The highest BCUT2D eigenvalue weighted by molar-refractivity contribution is 7.17. The molecule has 0 aliphatic carbocycles. The quantitative estimate of drug-likeness (QED) is 0.0119. The SMILES string of the molecule is C=C(C)C(=O)OCCCCCCCCOc1ccc(/C=C/c2ccc(-c3nnc(-c4ccc(/C=C/c5ccc(OCCCCCCCCOC(=O)C(=C)C)c(OCCCCCCCCOC(=O)C(=C)C)c5)cc4)s3)cc2)cc1OCCCCCCCCOC(=O)C(=C)C. The highest BCUT2D eigenvalue weighted by Gasteiger charge is 2.13. The van der Waals surface area contributed by atoms with Crippen LogP contribution in [0.3, 0.4) is 0 Å². The Balaban J connectivity index is 1.12. The molecule has 93 heavy (non-hydrogen) atoms. The molecular formula is C78H102N2O12S. The lowest BCUT2D eigenvalue weighted by atomic mass is 10.1. The molecule has 5 aromatic rings.